The zero-order valence-corrected chi connectivity index (χ0v) is 23.6. The SMILES string of the molecule is CNC[C@@H](O)COc1ccc(Cl)c(-c2nc(NC3CCN(C4CC4)CC3F)c(C)c(-c3c(C)noc3C)n2)c1. The molecule has 2 unspecified atom stereocenters. The quantitative estimate of drug-likeness (QED) is 0.335. The normalized spacial score (nSPS) is 20.7. The summed E-state index contributed by atoms with van der Waals surface area (Å²) in [7, 11) is 1.77. The number of piperidine rings is 1. The molecular weight excluding hydrogens is 523 g/mol. The number of hydrogen-bond donors (Lipinski definition) is 3. The second kappa shape index (κ2) is 11.8. The number of likely N-dealkylation sites (N-methyl/N-ethyl adjacent to an activating group) is 1. The Hall–Kier alpha value is -2.79. The average Bonchev–Trinajstić information content (AvgIpc) is 3.71. The molecule has 210 valence electrons. The summed E-state index contributed by atoms with van der Waals surface area (Å²) in [6.07, 6.45) is 1.35. The van der Waals surface area contributed by atoms with Gasteiger partial charge >= 0.3 is 0 Å². The van der Waals surface area contributed by atoms with Crippen LogP contribution in [0, 0.1) is 20.8 Å². The monoisotopic (exact) mass is 558 g/mol. The van der Waals surface area contributed by atoms with Crippen LogP contribution in [0.5, 0.6) is 5.75 Å². The maximum absolute atomic E-state index is 15.3. The Kier molecular flexibility index (Phi) is 8.37. The summed E-state index contributed by atoms with van der Waals surface area (Å²) in [6.45, 7) is 7.44. The Labute approximate surface area is 233 Å². The summed E-state index contributed by atoms with van der Waals surface area (Å²) in [6, 6.07) is 5.39. The molecule has 0 radical (unpaired) electrons. The van der Waals surface area contributed by atoms with Crippen LogP contribution in [0.25, 0.3) is 22.6 Å². The van der Waals surface area contributed by atoms with Crippen molar-refractivity contribution in [2.45, 2.75) is 64.4 Å². The third-order valence-electron chi connectivity index (χ3n) is 7.44. The van der Waals surface area contributed by atoms with Gasteiger partial charge in [0.25, 0.3) is 0 Å². The number of ether oxygens (including phenoxy) is 1. The number of rotatable bonds is 10. The summed E-state index contributed by atoms with van der Waals surface area (Å²) in [5.74, 6) is 2.08. The van der Waals surface area contributed by atoms with Gasteiger partial charge in [-0.2, -0.15) is 0 Å². The Balaban J connectivity index is 1.50. The molecule has 39 heavy (non-hydrogen) atoms. The van der Waals surface area contributed by atoms with Crippen LogP contribution >= 0.6 is 11.6 Å². The Bertz CT molecular complexity index is 1300. The van der Waals surface area contributed by atoms with Gasteiger partial charge in [0.05, 0.1) is 28.0 Å². The maximum atomic E-state index is 15.3. The summed E-state index contributed by atoms with van der Waals surface area (Å²) in [5.41, 5.74) is 3.47. The number of benzene rings is 1. The minimum Gasteiger partial charge on any atom is -0.491 e. The average molecular weight is 559 g/mol. The van der Waals surface area contributed by atoms with Crippen LogP contribution in [0.2, 0.25) is 5.02 Å². The Morgan fingerprint density at radius 3 is 2.69 bits per heavy atom. The third-order valence-corrected chi connectivity index (χ3v) is 7.76. The van der Waals surface area contributed by atoms with E-state index in [9.17, 15) is 5.11 Å². The number of nitrogens with zero attached hydrogens (tertiary/aromatic N) is 4. The molecule has 11 heteroatoms. The smallest absolute Gasteiger partial charge is 0.163 e. The number of aliphatic hydroxyl groups is 1. The van der Waals surface area contributed by atoms with Gasteiger partial charge in [-0.15, -0.1) is 0 Å². The highest BCUT2D eigenvalue weighted by Crippen LogP contribution is 2.37. The second-order valence-corrected chi connectivity index (χ2v) is 10.9. The van der Waals surface area contributed by atoms with Gasteiger partial charge in [0.1, 0.15) is 36.2 Å². The third kappa shape index (κ3) is 6.19. The van der Waals surface area contributed by atoms with Gasteiger partial charge in [0.2, 0.25) is 0 Å². The molecule has 9 nitrogen and oxygen atoms in total. The highest BCUT2D eigenvalue weighted by Gasteiger charge is 2.37. The number of aromatic nitrogens is 3. The van der Waals surface area contributed by atoms with Crippen molar-refractivity contribution in [2.75, 3.05) is 38.6 Å². The molecule has 1 aliphatic heterocycles. The van der Waals surface area contributed by atoms with E-state index in [1.165, 1.54) is 0 Å². The lowest BCUT2D eigenvalue weighted by molar-refractivity contribution is 0.108. The zero-order chi connectivity index (χ0) is 27.7. The van der Waals surface area contributed by atoms with Crippen LogP contribution in [-0.2, 0) is 0 Å². The molecule has 1 aliphatic carbocycles. The van der Waals surface area contributed by atoms with Gasteiger partial charge in [-0.3, -0.25) is 4.90 Å². The fourth-order valence-electron chi connectivity index (χ4n) is 5.13. The minimum atomic E-state index is -1.01. The molecule has 2 fully saturated rings. The van der Waals surface area contributed by atoms with Gasteiger partial charge in [0.15, 0.2) is 5.82 Å². The van der Waals surface area contributed by atoms with E-state index in [-0.39, 0.29) is 12.6 Å². The van der Waals surface area contributed by atoms with Crippen LogP contribution in [-0.4, -0.2) is 82.8 Å². The molecule has 1 saturated heterocycles. The number of nitrogens with one attached hydrogen (secondary N) is 2. The number of alkyl halides is 1. The topological polar surface area (TPSA) is 109 Å². The fourth-order valence-corrected chi connectivity index (χ4v) is 5.33. The van der Waals surface area contributed by atoms with Crippen LogP contribution in [0.15, 0.2) is 22.7 Å². The highest BCUT2D eigenvalue weighted by molar-refractivity contribution is 6.33. The van der Waals surface area contributed by atoms with E-state index in [0.717, 1.165) is 30.5 Å². The van der Waals surface area contributed by atoms with Crippen molar-refractivity contribution in [1.29, 1.82) is 0 Å². The van der Waals surface area contributed by atoms with E-state index in [2.05, 4.69) is 20.7 Å². The molecule has 0 bridgehead atoms. The van der Waals surface area contributed by atoms with Crippen LogP contribution in [0.1, 0.15) is 36.3 Å². The lowest BCUT2D eigenvalue weighted by Gasteiger charge is -2.35. The van der Waals surface area contributed by atoms with E-state index in [1.807, 2.05) is 20.8 Å². The first-order valence-corrected chi connectivity index (χ1v) is 13.8. The molecule has 1 saturated carbocycles. The van der Waals surface area contributed by atoms with E-state index in [0.29, 0.717) is 70.7 Å². The van der Waals surface area contributed by atoms with E-state index < -0.39 is 12.3 Å². The molecular formula is C28H36ClFN6O3. The number of aryl methyl sites for hydroxylation is 2. The minimum absolute atomic E-state index is 0.116. The predicted octanol–water partition coefficient (Wildman–Crippen LogP) is 4.32. The second-order valence-electron chi connectivity index (χ2n) is 10.5. The lowest BCUT2D eigenvalue weighted by atomic mass is 10.0. The van der Waals surface area contributed by atoms with Crippen molar-refractivity contribution in [3.63, 3.8) is 0 Å². The van der Waals surface area contributed by atoms with Crippen molar-refractivity contribution >= 4 is 17.4 Å². The van der Waals surface area contributed by atoms with E-state index >= 15 is 4.39 Å². The van der Waals surface area contributed by atoms with Crippen molar-refractivity contribution in [2.24, 2.45) is 0 Å². The summed E-state index contributed by atoms with van der Waals surface area (Å²) < 4.78 is 26.6. The van der Waals surface area contributed by atoms with Crippen molar-refractivity contribution in [3.8, 4) is 28.4 Å². The molecule has 3 N–H and O–H groups in total. The fraction of sp³-hybridized carbons (Fsp3) is 0.536. The van der Waals surface area contributed by atoms with Gasteiger partial charge in [0, 0.05) is 36.8 Å². The maximum Gasteiger partial charge on any atom is 0.163 e. The number of halogens is 2. The first-order chi connectivity index (χ1) is 18.7. The number of likely N-dealkylation sites (tertiary alicyclic amines) is 1. The summed E-state index contributed by atoms with van der Waals surface area (Å²) >= 11 is 6.63. The first-order valence-electron chi connectivity index (χ1n) is 13.5. The Morgan fingerprint density at radius 2 is 2.03 bits per heavy atom. The molecule has 2 aromatic heterocycles. The largest absolute Gasteiger partial charge is 0.491 e. The van der Waals surface area contributed by atoms with E-state index in [1.54, 1.807) is 25.2 Å². The predicted molar refractivity (Wildman–Crippen MR) is 149 cm³/mol. The lowest BCUT2D eigenvalue weighted by Crippen LogP contribution is -2.48. The summed E-state index contributed by atoms with van der Waals surface area (Å²) in [4.78, 5) is 12.0. The zero-order valence-electron chi connectivity index (χ0n) is 22.8. The van der Waals surface area contributed by atoms with Crippen molar-refractivity contribution in [1.82, 2.24) is 25.3 Å². The van der Waals surface area contributed by atoms with Crippen LogP contribution in [0.4, 0.5) is 10.2 Å². The molecule has 2 aliphatic rings. The molecule has 0 spiro atoms. The molecule has 3 heterocycles. The molecule has 3 atom stereocenters. The van der Waals surface area contributed by atoms with Gasteiger partial charge < -0.3 is 25.0 Å². The number of hydrogen-bond acceptors (Lipinski definition) is 9. The van der Waals surface area contributed by atoms with Crippen LogP contribution < -0.4 is 15.4 Å². The highest BCUT2D eigenvalue weighted by atomic mass is 35.5. The molecule has 3 aromatic rings. The van der Waals surface area contributed by atoms with Crippen LogP contribution in [0.3, 0.4) is 0 Å². The van der Waals surface area contributed by atoms with Gasteiger partial charge in [-0.1, -0.05) is 16.8 Å². The van der Waals surface area contributed by atoms with Crippen molar-refractivity contribution < 1.29 is 18.8 Å². The van der Waals surface area contributed by atoms with E-state index in [4.69, 9.17) is 30.8 Å². The standard InChI is InChI=1S/C28H36ClFN6O3/c1-15-26(25-16(2)35-39-17(25)3)33-28(21-11-20(7-8-22(21)29)38-14-19(37)12-31-4)34-27(15)32-24-9-10-36(13-23(24)30)18-5-6-18/h7-8,11,18-19,23-24,31,37H,5-6,9-10,12-14H2,1-4H3,(H,32,33,34)/t19-,23?,24?/m1/s1. The van der Waals surface area contributed by atoms with Crippen molar-refractivity contribution in [3.05, 3.63) is 40.2 Å². The molecule has 5 rings (SSSR count). The first kappa shape index (κ1) is 27.8. The Morgan fingerprint density at radius 1 is 1.23 bits per heavy atom. The number of aliphatic hydroxyl groups excluding tert-OH is 1. The number of anilines is 1. The molecule has 1 aromatic carbocycles. The summed E-state index contributed by atoms with van der Waals surface area (Å²) in [5, 5.41) is 20.9. The van der Waals surface area contributed by atoms with Gasteiger partial charge in [-0.05, 0) is 65.3 Å². The molecule has 0 amide bonds. The van der Waals surface area contributed by atoms with Gasteiger partial charge in [-0.25, -0.2) is 14.4 Å².